The predicted octanol–water partition coefficient (Wildman–Crippen LogP) is 2.23. The molecule has 4 rings (SSSR count). The Morgan fingerprint density at radius 2 is 0.833 bits per heavy atom. The number of benzene rings is 2. The summed E-state index contributed by atoms with van der Waals surface area (Å²) >= 11 is 0. The van der Waals surface area contributed by atoms with Gasteiger partial charge in [0.1, 0.15) is 5.78 Å². The van der Waals surface area contributed by atoms with Crippen LogP contribution >= 0.6 is 0 Å². The van der Waals surface area contributed by atoms with Gasteiger partial charge in [0.15, 0.2) is 23.0 Å². The highest BCUT2D eigenvalue weighted by Gasteiger charge is 2.60. The highest BCUT2D eigenvalue weighted by atomic mass is 16.8. The Morgan fingerprint density at radius 3 is 1.14 bits per heavy atom. The Balaban J connectivity index is 1.47. The van der Waals surface area contributed by atoms with E-state index < -0.39 is 35.5 Å². The molecule has 13 nitrogen and oxygen atoms in total. The van der Waals surface area contributed by atoms with Crippen LogP contribution in [0.4, 0.5) is 0 Å². The topological polar surface area (TPSA) is 159 Å². The molecule has 0 aliphatic carbocycles. The first-order valence-corrected chi connectivity index (χ1v) is 13.3. The second-order valence-corrected chi connectivity index (χ2v) is 8.98. The fourth-order valence-electron chi connectivity index (χ4n) is 4.24. The third-order valence-electron chi connectivity index (χ3n) is 6.01. The number of ketones is 1. The molecule has 2 aliphatic rings. The van der Waals surface area contributed by atoms with Crippen LogP contribution in [0.3, 0.4) is 0 Å². The minimum atomic E-state index is -2.44. The van der Waals surface area contributed by atoms with E-state index in [0.717, 1.165) is 0 Å². The number of rotatable bonds is 12. The molecule has 0 bridgehead atoms. The maximum absolute atomic E-state index is 13.0. The third-order valence-corrected chi connectivity index (χ3v) is 6.01. The molecule has 0 radical (unpaired) electrons. The number of Topliss-reactive ketones (excluding diaryl/α,β-unsaturated/α-hetero) is 1. The lowest BCUT2D eigenvalue weighted by Crippen LogP contribution is -2.55. The van der Waals surface area contributed by atoms with Crippen molar-refractivity contribution in [3.63, 3.8) is 0 Å². The van der Waals surface area contributed by atoms with Gasteiger partial charge in [-0.05, 0) is 63.1 Å². The van der Waals surface area contributed by atoms with E-state index in [0.29, 0.717) is 11.1 Å². The van der Waals surface area contributed by atoms with Gasteiger partial charge < -0.3 is 37.9 Å². The molecule has 0 aromatic heterocycles. The standard InChI is InChI=1S/C29H30O13/c1-5-35-24(31)28(25(32)36-6-2)39-20-11-9-17(15-22(20)41-28)13-19(30)14-18-10-12-21-23(16-18)42-29(40-21,26(33)37-7-3)27(34)38-8-4/h9-12,15-16H,5-8,13-14H2,1-4H3. The van der Waals surface area contributed by atoms with Crippen LogP contribution in [0.25, 0.3) is 0 Å². The lowest BCUT2D eigenvalue weighted by Gasteiger charge is -2.22. The molecule has 0 amide bonds. The number of hydrogen-bond donors (Lipinski definition) is 0. The number of ether oxygens (including phenoxy) is 8. The van der Waals surface area contributed by atoms with Gasteiger partial charge in [0.25, 0.3) is 0 Å². The van der Waals surface area contributed by atoms with Crippen LogP contribution in [0.1, 0.15) is 38.8 Å². The molecule has 0 atom stereocenters. The van der Waals surface area contributed by atoms with E-state index in [1.165, 1.54) is 24.3 Å². The third kappa shape index (κ3) is 5.67. The van der Waals surface area contributed by atoms with Crippen LogP contribution in [-0.4, -0.2) is 67.7 Å². The predicted molar refractivity (Wildman–Crippen MR) is 140 cm³/mol. The first-order valence-electron chi connectivity index (χ1n) is 13.3. The van der Waals surface area contributed by atoms with Crippen LogP contribution in [0, 0.1) is 0 Å². The number of hydrogen-bond acceptors (Lipinski definition) is 13. The summed E-state index contributed by atoms with van der Waals surface area (Å²) in [6.07, 6.45) is -0.0705. The summed E-state index contributed by atoms with van der Waals surface area (Å²) in [5.41, 5.74) is 1.05. The molecular formula is C29H30O13. The lowest BCUT2D eigenvalue weighted by molar-refractivity contribution is -0.203. The van der Waals surface area contributed by atoms with Crippen LogP contribution in [0.5, 0.6) is 23.0 Å². The van der Waals surface area contributed by atoms with Crippen molar-refractivity contribution in [3.05, 3.63) is 47.5 Å². The van der Waals surface area contributed by atoms with Crippen molar-refractivity contribution in [2.45, 2.75) is 52.1 Å². The monoisotopic (exact) mass is 586 g/mol. The summed E-state index contributed by atoms with van der Waals surface area (Å²) < 4.78 is 42.2. The average Bonchev–Trinajstić information content (AvgIpc) is 3.54. The van der Waals surface area contributed by atoms with Crippen molar-refractivity contribution in [2.24, 2.45) is 0 Å². The molecule has 2 aromatic rings. The zero-order valence-corrected chi connectivity index (χ0v) is 23.5. The van der Waals surface area contributed by atoms with E-state index in [-0.39, 0.29) is 68.1 Å². The Bertz CT molecular complexity index is 1260. The van der Waals surface area contributed by atoms with E-state index in [1.54, 1.807) is 39.8 Å². The molecule has 224 valence electrons. The molecule has 2 aliphatic heterocycles. The molecule has 0 saturated carbocycles. The molecule has 2 aromatic carbocycles. The van der Waals surface area contributed by atoms with Gasteiger partial charge in [0, 0.05) is 12.8 Å². The molecule has 0 spiro atoms. The largest absolute Gasteiger partial charge is 0.460 e. The Labute approximate surface area is 240 Å². The van der Waals surface area contributed by atoms with Crippen molar-refractivity contribution in [1.82, 2.24) is 0 Å². The number of carbonyl (C=O) groups excluding carboxylic acids is 5. The molecule has 13 heteroatoms. The molecular weight excluding hydrogens is 556 g/mol. The van der Waals surface area contributed by atoms with Gasteiger partial charge in [-0.15, -0.1) is 0 Å². The minimum absolute atomic E-state index is 0.0186. The maximum atomic E-state index is 13.0. The zero-order chi connectivity index (χ0) is 30.5. The lowest BCUT2D eigenvalue weighted by atomic mass is 10.0. The number of esters is 4. The van der Waals surface area contributed by atoms with Gasteiger partial charge in [0.05, 0.1) is 26.4 Å². The summed E-state index contributed by atoms with van der Waals surface area (Å²) in [7, 11) is 0. The van der Waals surface area contributed by atoms with Crippen molar-refractivity contribution < 1.29 is 61.9 Å². The van der Waals surface area contributed by atoms with Gasteiger partial charge in [-0.2, -0.15) is 0 Å². The van der Waals surface area contributed by atoms with Gasteiger partial charge in [-0.3, -0.25) is 4.79 Å². The Kier molecular flexibility index (Phi) is 8.88. The Morgan fingerprint density at radius 1 is 0.524 bits per heavy atom. The van der Waals surface area contributed by atoms with Crippen LogP contribution in [0.15, 0.2) is 36.4 Å². The molecule has 0 fully saturated rings. The second-order valence-electron chi connectivity index (χ2n) is 8.98. The molecule has 0 unspecified atom stereocenters. The van der Waals surface area contributed by atoms with Crippen molar-refractivity contribution in [1.29, 1.82) is 0 Å². The average molecular weight is 587 g/mol. The van der Waals surface area contributed by atoms with Crippen LogP contribution < -0.4 is 18.9 Å². The number of fused-ring (bicyclic) bond motifs is 2. The zero-order valence-electron chi connectivity index (χ0n) is 23.5. The van der Waals surface area contributed by atoms with E-state index in [4.69, 9.17) is 37.9 Å². The maximum Gasteiger partial charge on any atom is 0.453 e. The van der Waals surface area contributed by atoms with Crippen molar-refractivity contribution in [3.8, 4) is 23.0 Å². The Hall–Kier alpha value is -4.81. The van der Waals surface area contributed by atoms with Gasteiger partial charge in [-0.25, -0.2) is 19.2 Å². The highest BCUT2D eigenvalue weighted by molar-refractivity contribution is 6.04. The summed E-state index contributed by atoms with van der Waals surface area (Å²) in [6, 6.07) is 9.12. The first-order chi connectivity index (χ1) is 20.1. The summed E-state index contributed by atoms with van der Waals surface area (Å²) in [5.74, 6) is -8.98. The smallest absolute Gasteiger partial charge is 0.453 e. The molecule has 2 heterocycles. The minimum Gasteiger partial charge on any atom is -0.460 e. The highest BCUT2D eigenvalue weighted by Crippen LogP contribution is 2.43. The van der Waals surface area contributed by atoms with Gasteiger partial charge in [-0.1, -0.05) is 12.1 Å². The first kappa shape index (κ1) is 30.2. The summed E-state index contributed by atoms with van der Waals surface area (Å²) in [4.78, 5) is 63.3. The van der Waals surface area contributed by atoms with E-state index >= 15 is 0 Å². The van der Waals surface area contributed by atoms with Gasteiger partial charge in [0.2, 0.25) is 0 Å². The molecule has 0 N–H and O–H groups in total. The normalized spacial score (nSPS) is 15.0. The second kappa shape index (κ2) is 12.4. The van der Waals surface area contributed by atoms with Crippen LogP contribution in [0.2, 0.25) is 0 Å². The summed E-state index contributed by atoms with van der Waals surface area (Å²) in [5, 5.41) is 0. The van der Waals surface area contributed by atoms with E-state index in [1.807, 2.05) is 0 Å². The van der Waals surface area contributed by atoms with Crippen LogP contribution in [-0.2, 0) is 55.8 Å². The van der Waals surface area contributed by atoms with Crippen molar-refractivity contribution in [2.75, 3.05) is 26.4 Å². The number of carbonyl (C=O) groups is 5. The quantitative estimate of drug-likeness (QED) is 0.203. The fourth-order valence-corrected chi connectivity index (χ4v) is 4.24. The van der Waals surface area contributed by atoms with E-state index in [9.17, 15) is 24.0 Å². The molecule has 42 heavy (non-hydrogen) atoms. The summed E-state index contributed by atoms with van der Waals surface area (Å²) in [6.45, 7) is 6.20. The fraction of sp³-hybridized carbons (Fsp3) is 0.414. The van der Waals surface area contributed by atoms with E-state index in [2.05, 4.69) is 0 Å². The molecule has 0 saturated heterocycles. The van der Waals surface area contributed by atoms with Crippen molar-refractivity contribution >= 4 is 29.7 Å². The SMILES string of the molecule is CCOC(=O)C1(C(=O)OCC)Oc2ccc(CC(=O)Cc3ccc4c(c3)OC(C(=O)OCC)(C(=O)OCC)O4)cc2O1. The van der Waals surface area contributed by atoms with Gasteiger partial charge >= 0.3 is 35.5 Å².